The van der Waals surface area contributed by atoms with Crippen LogP contribution in [0, 0.1) is 0 Å². The average Bonchev–Trinajstić information content (AvgIpc) is 2.98. The summed E-state index contributed by atoms with van der Waals surface area (Å²) in [5.74, 6) is 0.172. The molecule has 0 heterocycles. The van der Waals surface area contributed by atoms with Crippen molar-refractivity contribution in [3.63, 3.8) is 0 Å². The molecule has 1 saturated carbocycles. The molecule has 0 aliphatic heterocycles. The topological polar surface area (TPSA) is 29.1 Å². The second-order valence-corrected chi connectivity index (χ2v) is 4.19. The summed E-state index contributed by atoms with van der Waals surface area (Å²) in [5, 5.41) is 2.88. The smallest absolute Gasteiger partial charge is 0.262 e. The first kappa shape index (κ1) is 10.2. The molecule has 0 bridgehead atoms. The zero-order valence-corrected chi connectivity index (χ0v) is 9.00. The van der Waals surface area contributed by atoms with E-state index in [0.29, 0.717) is 5.92 Å². The van der Waals surface area contributed by atoms with Gasteiger partial charge in [-0.25, -0.2) is 0 Å². The van der Waals surface area contributed by atoms with Crippen molar-refractivity contribution >= 4 is 17.5 Å². The number of carbonyl (C=O) groups excluding carboxylic acids is 1. The maximum absolute atomic E-state index is 11.2. The first-order valence-electron chi connectivity index (χ1n) is 4.88. The number of carbonyl (C=O) groups is 1. The Labute approximate surface area is 93.9 Å². The molecule has 2 unspecified atom stereocenters. The van der Waals surface area contributed by atoms with E-state index in [9.17, 15) is 4.79 Å². The van der Waals surface area contributed by atoms with Gasteiger partial charge in [-0.1, -0.05) is 48.5 Å². The van der Waals surface area contributed by atoms with Gasteiger partial charge in [-0.05, 0) is 12.0 Å². The summed E-state index contributed by atoms with van der Waals surface area (Å²) in [6, 6.07) is 10.4. The van der Waals surface area contributed by atoms with Crippen LogP contribution in [0.4, 0.5) is 0 Å². The molecule has 1 aromatic rings. The second-order valence-electron chi connectivity index (χ2n) is 3.74. The first-order valence-corrected chi connectivity index (χ1v) is 5.26. The Morgan fingerprint density at radius 2 is 2.07 bits per heavy atom. The van der Waals surface area contributed by atoms with Crippen molar-refractivity contribution in [2.24, 2.45) is 0 Å². The molecule has 0 radical (unpaired) electrons. The Balaban J connectivity index is 1.92. The predicted molar refractivity (Wildman–Crippen MR) is 60.7 cm³/mol. The van der Waals surface area contributed by atoms with Crippen molar-refractivity contribution in [2.75, 3.05) is 0 Å². The van der Waals surface area contributed by atoms with E-state index < -0.39 is 0 Å². The fraction of sp³-hybridized carbons (Fsp3) is 0.250. The lowest BCUT2D eigenvalue weighted by atomic mass is 10.1. The summed E-state index contributed by atoms with van der Waals surface area (Å²) in [4.78, 5) is 11.2. The lowest BCUT2D eigenvalue weighted by molar-refractivity contribution is -0.117. The van der Waals surface area contributed by atoms with E-state index in [1.165, 1.54) is 5.56 Å². The zero-order chi connectivity index (χ0) is 10.8. The van der Waals surface area contributed by atoms with Crippen LogP contribution >= 0.6 is 11.6 Å². The van der Waals surface area contributed by atoms with Crippen molar-refractivity contribution in [3.8, 4) is 0 Å². The number of benzene rings is 1. The van der Waals surface area contributed by atoms with Crippen molar-refractivity contribution in [2.45, 2.75) is 18.4 Å². The average molecular weight is 222 g/mol. The summed E-state index contributed by atoms with van der Waals surface area (Å²) >= 11 is 5.49. The minimum absolute atomic E-state index is 0.0497. The monoisotopic (exact) mass is 221 g/mol. The summed E-state index contributed by atoms with van der Waals surface area (Å²) in [7, 11) is 0. The van der Waals surface area contributed by atoms with E-state index in [4.69, 9.17) is 11.6 Å². The van der Waals surface area contributed by atoms with Crippen molar-refractivity contribution in [3.05, 3.63) is 47.5 Å². The maximum atomic E-state index is 11.2. The fourth-order valence-electron chi connectivity index (χ4n) is 1.67. The van der Waals surface area contributed by atoms with Gasteiger partial charge in [0.1, 0.15) is 0 Å². The SMILES string of the molecule is C=C(Cl)C(=O)NC1CC1c1ccccc1. The van der Waals surface area contributed by atoms with Gasteiger partial charge in [-0.2, -0.15) is 0 Å². The molecule has 1 aromatic carbocycles. The molecule has 78 valence electrons. The Morgan fingerprint density at radius 3 is 2.67 bits per heavy atom. The van der Waals surface area contributed by atoms with Gasteiger partial charge in [0.2, 0.25) is 0 Å². The molecule has 0 saturated heterocycles. The molecular formula is C12H12ClNO. The van der Waals surface area contributed by atoms with Crippen LogP contribution < -0.4 is 5.32 Å². The van der Waals surface area contributed by atoms with Gasteiger partial charge in [0.15, 0.2) is 0 Å². The van der Waals surface area contributed by atoms with Crippen LogP contribution in [0.2, 0.25) is 0 Å². The summed E-state index contributed by atoms with van der Waals surface area (Å²) in [5.41, 5.74) is 1.27. The first-order chi connectivity index (χ1) is 7.18. The molecule has 1 aliphatic rings. The number of amides is 1. The molecule has 2 atom stereocenters. The van der Waals surface area contributed by atoms with E-state index >= 15 is 0 Å². The summed E-state index contributed by atoms with van der Waals surface area (Å²) in [6.45, 7) is 3.39. The van der Waals surface area contributed by atoms with Gasteiger partial charge >= 0.3 is 0 Å². The molecule has 0 spiro atoms. The molecule has 1 fully saturated rings. The molecule has 3 heteroatoms. The highest BCUT2D eigenvalue weighted by Crippen LogP contribution is 2.40. The molecule has 2 nitrogen and oxygen atoms in total. The lowest BCUT2D eigenvalue weighted by Gasteiger charge is -2.02. The Morgan fingerprint density at radius 1 is 1.40 bits per heavy atom. The van der Waals surface area contributed by atoms with E-state index in [2.05, 4.69) is 24.0 Å². The van der Waals surface area contributed by atoms with Crippen molar-refractivity contribution in [1.29, 1.82) is 0 Å². The van der Waals surface area contributed by atoms with E-state index in [-0.39, 0.29) is 17.0 Å². The quantitative estimate of drug-likeness (QED) is 0.781. The highest BCUT2D eigenvalue weighted by Gasteiger charge is 2.39. The number of hydrogen-bond acceptors (Lipinski definition) is 1. The highest BCUT2D eigenvalue weighted by atomic mass is 35.5. The summed E-state index contributed by atoms with van der Waals surface area (Å²) < 4.78 is 0. The Hall–Kier alpha value is -1.28. The van der Waals surface area contributed by atoms with Crippen molar-refractivity contribution < 1.29 is 4.79 Å². The van der Waals surface area contributed by atoms with Gasteiger partial charge < -0.3 is 5.32 Å². The largest absolute Gasteiger partial charge is 0.348 e. The standard InChI is InChI=1S/C12H12ClNO/c1-8(13)12(15)14-11-7-10(11)9-5-3-2-4-6-9/h2-6,10-11H,1,7H2,(H,14,15). The third-order valence-electron chi connectivity index (χ3n) is 2.58. The Kier molecular flexibility index (Phi) is 2.78. The van der Waals surface area contributed by atoms with E-state index in [0.717, 1.165) is 6.42 Å². The maximum Gasteiger partial charge on any atom is 0.262 e. The number of halogens is 1. The highest BCUT2D eigenvalue weighted by molar-refractivity contribution is 6.41. The van der Waals surface area contributed by atoms with Crippen LogP contribution in [0.25, 0.3) is 0 Å². The molecule has 15 heavy (non-hydrogen) atoms. The number of hydrogen-bond donors (Lipinski definition) is 1. The van der Waals surface area contributed by atoms with Gasteiger partial charge in [0.05, 0.1) is 5.03 Å². The normalized spacial score (nSPS) is 23.3. The van der Waals surface area contributed by atoms with Crippen LogP contribution in [-0.4, -0.2) is 11.9 Å². The minimum atomic E-state index is -0.264. The number of nitrogens with one attached hydrogen (secondary N) is 1. The third-order valence-corrected chi connectivity index (χ3v) is 2.75. The van der Waals surface area contributed by atoms with Crippen LogP contribution in [0.3, 0.4) is 0 Å². The van der Waals surface area contributed by atoms with Gasteiger partial charge in [-0.3, -0.25) is 4.79 Å². The molecule has 2 rings (SSSR count). The molecular weight excluding hydrogens is 210 g/mol. The molecule has 1 amide bonds. The second kappa shape index (κ2) is 4.07. The van der Waals surface area contributed by atoms with Gasteiger partial charge in [0.25, 0.3) is 5.91 Å². The van der Waals surface area contributed by atoms with Gasteiger partial charge in [0, 0.05) is 12.0 Å². The fourth-order valence-corrected chi connectivity index (χ4v) is 1.72. The predicted octanol–water partition coefficient (Wildman–Crippen LogP) is 2.41. The Bertz CT molecular complexity index is 388. The minimum Gasteiger partial charge on any atom is -0.348 e. The molecule has 1 N–H and O–H groups in total. The molecule has 0 aromatic heterocycles. The molecule has 1 aliphatic carbocycles. The van der Waals surface area contributed by atoms with Crippen LogP contribution in [-0.2, 0) is 4.79 Å². The lowest BCUT2D eigenvalue weighted by Crippen LogP contribution is -2.26. The number of rotatable bonds is 3. The third kappa shape index (κ3) is 2.39. The summed E-state index contributed by atoms with van der Waals surface area (Å²) in [6.07, 6.45) is 0.986. The van der Waals surface area contributed by atoms with Crippen molar-refractivity contribution in [1.82, 2.24) is 5.32 Å². The van der Waals surface area contributed by atoms with E-state index in [1.54, 1.807) is 0 Å². The zero-order valence-electron chi connectivity index (χ0n) is 8.24. The van der Waals surface area contributed by atoms with Crippen LogP contribution in [0.1, 0.15) is 17.9 Å². The van der Waals surface area contributed by atoms with Crippen LogP contribution in [0.5, 0.6) is 0 Å². The van der Waals surface area contributed by atoms with Crippen LogP contribution in [0.15, 0.2) is 41.9 Å². The van der Waals surface area contributed by atoms with E-state index in [1.807, 2.05) is 18.2 Å². The van der Waals surface area contributed by atoms with Gasteiger partial charge in [-0.15, -0.1) is 0 Å².